The van der Waals surface area contributed by atoms with E-state index in [0.29, 0.717) is 17.9 Å². The molecule has 0 saturated heterocycles. The molecule has 2 unspecified atom stereocenters. The fourth-order valence-electron chi connectivity index (χ4n) is 3.75. The quantitative estimate of drug-likeness (QED) is 0.539. The van der Waals surface area contributed by atoms with Gasteiger partial charge >= 0.3 is 5.97 Å². The van der Waals surface area contributed by atoms with Gasteiger partial charge in [-0.3, -0.25) is 9.59 Å². The molecule has 0 heterocycles. The predicted molar refractivity (Wildman–Crippen MR) is 111 cm³/mol. The number of hydrogen-bond acceptors (Lipinski definition) is 5. The van der Waals surface area contributed by atoms with E-state index < -0.39 is 11.9 Å². The minimum absolute atomic E-state index is 0.231. The molecule has 5 nitrogen and oxygen atoms in total. The molecular formula is C24H26O5. The van der Waals surface area contributed by atoms with E-state index >= 15 is 0 Å². The van der Waals surface area contributed by atoms with Crippen LogP contribution in [0.5, 0.6) is 11.5 Å². The van der Waals surface area contributed by atoms with Gasteiger partial charge in [0.05, 0.1) is 20.8 Å². The van der Waals surface area contributed by atoms with Crippen molar-refractivity contribution in [1.29, 1.82) is 0 Å². The smallest absolute Gasteiger partial charge is 0.317 e. The van der Waals surface area contributed by atoms with E-state index in [1.165, 1.54) is 0 Å². The summed E-state index contributed by atoms with van der Waals surface area (Å²) in [6.07, 6.45) is 2.11. The molecule has 0 saturated carbocycles. The van der Waals surface area contributed by atoms with Crippen LogP contribution in [0.15, 0.2) is 48.5 Å². The van der Waals surface area contributed by atoms with Crippen LogP contribution in [0.25, 0.3) is 5.57 Å². The van der Waals surface area contributed by atoms with Crippen molar-refractivity contribution in [3.63, 3.8) is 0 Å². The van der Waals surface area contributed by atoms with Gasteiger partial charge in [-0.25, -0.2) is 0 Å². The Kier molecular flexibility index (Phi) is 6.37. The van der Waals surface area contributed by atoms with Gasteiger partial charge < -0.3 is 14.2 Å². The molecule has 0 amide bonds. The standard InChI is InChI=1S/C24H26O5/c1-5-29-24(26)23-19(16-8-6-15(2)7-9-16)12-18(13-20(23)25)17-10-11-21(27-3)22(14-17)28-4/h6-11,13-14,19,23H,5,12H2,1-4H3. The highest BCUT2D eigenvalue weighted by molar-refractivity contribution is 6.10. The van der Waals surface area contributed by atoms with E-state index in [0.717, 1.165) is 22.3 Å². The summed E-state index contributed by atoms with van der Waals surface area (Å²) in [5.74, 6) is -0.594. The van der Waals surface area contributed by atoms with Gasteiger partial charge in [-0.2, -0.15) is 0 Å². The van der Waals surface area contributed by atoms with Crippen molar-refractivity contribution in [3.05, 3.63) is 65.2 Å². The molecule has 0 fully saturated rings. The monoisotopic (exact) mass is 394 g/mol. The van der Waals surface area contributed by atoms with Gasteiger partial charge in [0, 0.05) is 5.92 Å². The van der Waals surface area contributed by atoms with Crippen molar-refractivity contribution in [2.75, 3.05) is 20.8 Å². The van der Waals surface area contributed by atoms with E-state index in [1.54, 1.807) is 27.2 Å². The minimum Gasteiger partial charge on any atom is -0.493 e. The summed E-state index contributed by atoms with van der Waals surface area (Å²) < 4.78 is 15.9. The van der Waals surface area contributed by atoms with Crippen LogP contribution < -0.4 is 9.47 Å². The lowest BCUT2D eigenvalue weighted by molar-refractivity contribution is -0.151. The van der Waals surface area contributed by atoms with Crippen molar-refractivity contribution in [2.24, 2.45) is 5.92 Å². The molecule has 0 N–H and O–H groups in total. The number of ether oxygens (including phenoxy) is 3. The van der Waals surface area contributed by atoms with Crippen LogP contribution in [-0.4, -0.2) is 32.6 Å². The van der Waals surface area contributed by atoms with Crippen molar-refractivity contribution < 1.29 is 23.8 Å². The van der Waals surface area contributed by atoms with E-state index in [2.05, 4.69) is 0 Å². The van der Waals surface area contributed by atoms with Gasteiger partial charge in [-0.05, 0) is 55.2 Å². The first-order valence-electron chi connectivity index (χ1n) is 9.68. The number of esters is 1. The van der Waals surface area contributed by atoms with Crippen LogP contribution >= 0.6 is 0 Å². The van der Waals surface area contributed by atoms with Gasteiger partial charge in [-0.15, -0.1) is 0 Å². The van der Waals surface area contributed by atoms with Gasteiger partial charge in [0.25, 0.3) is 0 Å². The molecule has 5 heteroatoms. The molecule has 152 valence electrons. The average molecular weight is 394 g/mol. The topological polar surface area (TPSA) is 61.8 Å². The lowest BCUT2D eigenvalue weighted by Gasteiger charge is -2.29. The first-order chi connectivity index (χ1) is 14.0. The fraction of sp³-hybridized carbons (Fsp3) is 0.333. The highest BCUT2D eigenvalue weighted by atomic mass is 16.5. The Morgan fingerprint density at radius 1 is 1.03 bits per heavy atom. The minimum atomic E-state index is -0.832. The summed E-state index contributed by atoms with van der Waals surface area (Å²) in [6.45, 7) is 4.00. The first-order valence-corrected chi connectivity index (χ1v) is 9.68. The van der Waals surface area contributed by atoms with E-state index in [9.17, 15) is 9.59 Å². The van der Waals surface area contributed by atoms with Gasteiger partial charge in [0.2, 0.25) is 0 Å². The molecule has 0 radical (unpaired) electrons. The van der Waals surface area contributed by atoms with E-state index in [4.69, 9.17) is 14.2 Å². The maximum atomic E-state index is 13.0. The Morgan fingerprint density at radius 2 is 1.72 bits per heavy atom. The third kappa shape index (κ3) is 4.34. The number of benzene rings is 2. The average Bonchev–Trinajstić information content (AvgIpc) is 2.73. The zero-order valence-corrected chi connectivity index (χ0v) is 17.2. The normalized spacial score (nSPS) is 18.8. The third-order valence-electron chi connectivity index (χ3n) is 5.27. The Hall–Kier alpha value is -3.08. The fourth-order valence-corrected chi connectivity index (χ4v) is 3.75. The van der Waals surface area contributed by atoms with E-state index in [1.807, 2.05) is 49.4 Å². The van der Waals surface area contributed by atoms with Crippen molar-refractivity contribution in [1.82, 2.24) is 0 Å². The summed E-state index contributed by atoms with van der Waals surface area (Å²) in [5.41, 5.74) is 3.81. The zero-order chi connectivity index (χ0) is 21.0. The maximum absolute atomic E-state index is 13.0. The zero-order valence-electron chi connectivity index (χ0n) is 17.2. The number of allylic oxidation sites excluding steroid dienone is 2. The molecule has 1 aliphatic carbocycles. The second kappa shape index (κ2) is 8.95. The second-order valence-corrected chi connectivity index (χ2v) is 7.09. The molecule has 0 aromatic heterocycles. The summed E-state index contributed by atoms with van der Waals surface area (Å²) in [6, 6.07) is 13.5. The number of carbonyl (C=O) groups is 2. The van der Waals surface area contributed by atoms with Gasteiger partial charge in [0.1, 0.15) is 5.92 Å². The number of rotatable bonds is 6. The van der Waals surface area contributed by atoms with Crippen LogP contribution in [0.2, 0.25) is 0 Å². The number of methoxy groups -OCH3 is 2. The van der Waals surface area contributed by atoms with E-state index in [-0.39, 0.29) is 18.3 Å². The maximum Gasteiger partial charge on any atom is 0.317 e. The second-order valence-electron chi connectivity index (χ2n) is 7.09. The summed E-state index contributed by atoms with van der Waals surface area (Å²) in [4.78, 5) is 25.6. The van der Waals surface area contributed by atoms with Crippen LogP contribution in [0.1, 0.15) is 36.0 Å². The summed E-state index contributed by atoms with van der Waals surface area (Å²) in [5, 5.41) is 0. The molecule has 2 aromatic rings. The summed E-state index contributed by atoms with van der Waals surface area (Å²) >= 11 is 0. The molecule has 2 atom stereocenters. The van der Waals surface area contributed by atoms with Gasteiger partial charge in [-0.1, -0.05) is 35.9 Å². The molecule has 2 aromatic carbocycles. The van der Waals surface area contributed by atoms with Crippen LogP contribution in [-0.2, 0) is 14.3 Å². The van der Waals surface area contributed by atoms with Crippen LogP contribution in [0.3, 0.4) is 0 Å². The molecule has 29 heavy (non-hydrogen) atoms. The lowest BCUT2D eigenvalue weighted by Crippen LogP contribution is -2.34. The predicted octanol–water partition coefficient (Wildman–Crippen LogP) is 4.33. The number of ketones is 1. The number of carbonyl (C=O) groups excluding carboxylic acids is 2. The van der Waals surface area contributed by atoms with Crippen LogP contribution in [0, 0.1) is 12.8 Å². The molecule has 0 aliphatic heterocycles. The van der Waals surface area contributed by atoms with Crippen LogP contribution in [0.4, 0.5) is 0 Å². The van der Waals surface area contributed by atoms with Crippen molar-refractivity contribution in [3.8, 4) is 11.5 Å². The van der Waals surface area contributed by atoms with Crippen molar-refractivity contribution >= 4 is 17.3 Å². The van der Waals surface area contributed by atoms with Gasteiger partial charge in [0.15, 0.2) is 17.3 Å². The largest absolute Gasteiger partial charge is 0.493 e. The Bertz CT molecular complexity index is 927. The lowest BCUT2D eigenvalue weighted by atomic mass is 9.73. The Labute approximate surface area is 171 Å². The Balaban J connectivity index is 2.03. The Morgan fingerprint density at radius 3 is 2.34 bits per heavy atom. The molecule has 3 rings (SSSR count). The SMILES string of the molecule is CCOC(=O)C1C(=O)C=C(c2ccc(OC)c(OC)c2)CC1c1ccc(C)cc1. The highest BCUT2D eigenvalue weighted by Gasteiger charge is 2.39. The highest BCUT2D eigenvalue weighted by Crippen LogP contribution is 2.42. The number of aryl methyl sites for hydroxylation is 1. The first kappa shape index (κ1) is 20.6. The summed E-state index contributed by atoms with van der Waals surface area (Å²) in [7, 11) is 3.16. The third-order valence-corrected chi connectivity index (χ3v) is 5.27. The molecular weight excluding hydrogens is 368 g/mol. The number of hydrogen-bond donors (Lipinski definition) is 0. The van der Waals surface area contributed by atoms with Crippen molar-refractivity contribution in [2.45, 2.75) is 26.2 Å². The molecule has 0 bridgehead atoms. The molecule has 1 aliphatic rings. The molecule has 0 spiro atoms.